The molecule has 1 saturated heterocycles. The Morgan fingerprint density at radius 2 is 2.33 bits per heavy atom. The molecule has 4 heteroatoms. The van der Waals surface area contributed by atoms with E-state index in [1.54, 1.807) is 0 Å². The number of hydrogen-bond donors (Lipinski definition) is 1. The standard InChI is InChI=1S/C14H25N3O/c1-4-7-15-11-6-8-18-14(9-11)12-10-17(3)16-13(12)5-2/h10-11,14-15H,4-9H2,1-3H3. The van der Waals surface area contributed by atoms with Crippen LogP contribution in [0.25, 0.3) is 0 Å². The second-order valence-corrected chi connectivity index (χ2v) is 5.09. The zero-order valence-electron chi connectivity index (χ0n) is 11.8. The summed E-state index contributed by atoms with van der Waals surface area (Å²) in [5.41, 5.74) is 2.46. The fraction of sp³-hybridized carbons (Fsp3) is 0.786. The number of nitrogens with zero attached hydrogens (tertiary/aromatic N) is 2. The van der Waals surface area contributed by atoms with E-state index in [1.807, 2.05) is 11.7 Å². The normalized spacial score (nSPS) is 24.4. The molecule has 2 atom stereocenters. The molecule has 1 fully saturated rings. The third-order valence-corrected chi connectivity index (χ3v) is 3.59. The van der Waals surface area contributed by atoms with Crippen molar-refractivity contribution in [1.29, 1.82) is 0 Å². The molecule has 0 spiro atoms. The molecular weight excluding hydrogens is 226 g/mol. The molecule has 0 saturated carbocycles. The van der Waals surface area contributed by atoms with Crippen molar-refractivity contribution in [1.82, 2.24) is 15.1 Å². The summed E-state index contributed by atoms with van der Waals surface area (Å²) in [6, 6.07) is 0.591. The van der Waals surface area contributed by atoms with Gasteiger partial charge in [0.2, 0.25) is 0 Å². The Kier molecular flexibility index (Phi) is 4.78. The molecule has 0 aromatic carbocycles. The van der Waals surface area contributed by atoms with Crippen LogP contribution in [0, 0.1) is 0 Å². The SMILES string of the molecule is CCCNC1CCOC(c2cn(C)nc2CC)C1. The highest BCUT2D eigenvalue weighted by Gasteiger charge is 2.26. The van der Waals surface area contributed by atoms with Crippen molar-refractivity contribution in [2.45, 2.75) is 51.7 Å². The zero-order valence-corrected chi connectivity index (χ0v) is 11.8. The Morgan fingerprint density at radius 3 is 3.06 bits per heavy atom. The van der Waals surface area contributed by atoms with Crippen LogP contribution in [0.3, 0.4) is 0 Å². The molecule has 4 nitrogen and oxygen atoms in total. The van der Waals surface area contributed by atoms with Gasteiger partial charge < -0.3 is 10.1 Å². The first-order valence-corrected chi connectivity index (χ1v) is 7.12. The third kappa shape index (κ3) is 3.12. The summed E-state index contributed by atoms with van der Waals surface area (Å²) in [5, 5.41) is 8.12. The minimum Gasteiger partial charge on any atom is -0.373 e. The molecular formula is C14H25N3O. The van der Waals surface area contributed by atoms with Gasteiger partial charge in [0.05, 0.1) is 11.8 Å². The van der Waals surface area contributed by atoms with E-state index in [9.17, 15) is 0 Å². The monoisotopic (exact) mass is 251 g/mol. The number of aromatic nitrogens is 2. The van der Waals surface area contributed by atoms with Crippen LogP contribution in [0.4, 0.5) is 0 Å². The van der Waals surface area contributed by atoms with Crippen LogP contribution in [0.2, 0.25) is 0 Å². The van der Waals surface area contributed by atoms with Crippen molar-refractivity contribution < 1.29 is 4.74 Å². The molecule has 102 valence electrons. The fourth-order valence-electron chi connectivity index (χ4n) is 2.64. The molecule has 0 bridgehead atoms. The average Bonchev–Trinajstić information content (AvgIpc) is 2.78. The van der Waals surface area contributed by atoms with Gasteiger partial charge >= 0.3 is 0 Å². The van der Waals surface area contributed by atoms with Gasteiger partial charge in [-0.1, -0.05) is 13.8 Å². The summed E-state index contributed by atoms with van der Waals surface area (Å²) in [5.74, 6) is 0. The number of nitrogens with one attached hydrogen (secondary N) is 1. The molecule has 1 aromatic rings. The van der Waals surface area contributed by atoms with Crippen LogP contribution in [0.15, 0.2) is 6.20 Å². The minimum absolute atomic E-state index is 0.219. The molecule has 18 heavy (non-hydrogen) atoms. The molecule has 2 heterocycles. The lowest BCUT2D eigenvalue weighted by molar-refractivity contribution is -0.000134. The van der Waals surface area contributed by atoms with E-state index < -0.39 is 0 Å². The van der Waals surface area contributed by atoms with Crippen molar-refractivity contribution in [3.05, 3.63) is 17.5 Å². The molecule has 1 aromatic heterocycles. The largest absolute Gasteiger partial charge is 0.373 e. The van der Waals surface area contributed by atoms with E-state index in [-0.39, 0.29) is 6.10 Å². The first-order chi connectivity index (χ1) is 8.74. The summed E-state index contributed by atoms with van der Waals surface area (Å²) in [7, 11) is 1.98. The number of aryl methyl sites for hydroxylation is 2. The molecule has 2 rings (SSSR count). The second-order valence-electron chi connectivity index (χ2n) is 5.09. The predicted molar refractivity (Wildman–Crippen MR) is 72.6 cm³/mol. The molecule has 1 aliphatic rings. The summed E-state index contributed by atoms with van der Waals surface area (Å²) in [6.07, 6.45) is 6.69. The lowest BCUT2D eigenvalue weighted by Gasteiger charge is -2.30. The number of ether oxygens (including phenoxy) is 1. The van der Waals surface area contributed by atoms with Crippen molar-refractivity contribution in [3.8, 4) is 0 Å². The first kappa shape index (κ1) is 13.6. The third-order valence-electron chi connectivity index (χ3n) is 3.59. The molecule has 0 aliphatic carbocycles. The maximum absolute atomic E-state index is 5.94. The number of rotatable bonds is 5. The summed E-state index contributed by atoms with van der Waals surface area (Å²) < 4.78 is 7.84. The quantitative estimate of drug-likeness (QED) is 0.872. The zero-order chi connectivity index (χ0) is 13.0. The summed E-state index contributed by atoms with van der Waals surface area (Å²) in [4.78, 5) is 0. The maximum Gasteiger partial charge on any atom is 0.0873 e. The smallest absolute Gasteiger partial charge is 0.0873 e. The van der Waals surface area contributed by atoms with Crippen LogP contribution in [0.5, 0.6) is 0 Å². The maximum atomic E-state index is 5.94. The van der Waals surface area contributed by atoms with Gasteiger partial charge in [0.1, 0.15) is 0 Å². The fourth-order valence-corrected chi connectivity index (χ4v) is 2.64. The van der Waals surface area contributed by atoms with E-state index in [1.165, 1.54) is 17.7 Å². The van der Waals surface area contributed by atoms with Gasteiger partial charge in [0.15, 0.2) is 0 Å². The second kappa shape index (κ2) is 6.34. The van der Waals surface area contributed by atoms with Gasteiger partial charge in [-0.25, -0.2) is 0 Å². The van der Waals surface area contributed by atoms with Crippen LogP contribution < -0.4 is 5.32 Å². The summed E-state index contributed by atoms with van der Waals surface area (Å²) in [6.45, 7) is 6.32. The van der Waals surface area contributed by atoms with Crippen LogP contribution in [-0.2, 0) is 18.2 Å². The van der Waals surface area contributed by atoms with E-state index in [0.717, 1.165) is 32.4 Å². The number of hydrogen-bond acceptors (Lipinski definition) is 3. The van der Waals surface area contributed by atoms with Gasteiger partial charge in [-0.2, -0.15) is 5.10 Å². The Balaban J connectivity index is 2.03. The van der Waals surface area contributed by atoms with Gasteiger partial charge in [-0.3, -0.25) is 4.68 Å². The van der Waals surface area contributed by atoms with Crippen molar-refractivity contribution >= 4 is 0 Å². The van der Waals surface area contributed by atoms with E-state index in [0.29, 0.717) is 6.04 Å². The van der Waals surface area contributed by atoms with E-state index in [4.69, 9.17) is 4.74 Å². The van der Waals surface area contributed by atoms with Gasteiger partial charge in [0.25, 0.3) is 0 Å². The Hall–Kier alpha value is -0.870. The Bertz CT molecular complexity index is 375. The van der Waals surface area contributed by atoms with Gasteiger partial charge in [-0.15, -0.1) is 0 Å². The van der Waals surface area contributed by atoms with E-state index in [2.05, 4.69) is 30.5 Å². The highest BCUT2D eigenvalue weighted by Crippen LogP contribution is 2.30. The molecule has 2 unspecified atom stereocenters. The van der Waals surface area contributed by atoms with Crippen LogP contribution >= 0.6 is 0 Å². The van der Waals surface area contributed by atoms with E-state index >= 15 is 0 Å². The van der Waals surface area contributed by atoms with Crippen molar-refractivity contribution in [3.63, 3.8) is 0 Å². The molecule has 0 radical (unpaired) electrons. The first-order valence-electron chi connectivity index (χ1n) is 7.12. The lowest BCUT2D eigenvalue weighted by Crippen LogP contribution is -2.36. The topological polar surface area (TPSA) is 39.1 Å². The molecule has 1 N–H and O–H groups in total. The predicted octanol–water partition coefficient (Wildman–Crippen LogP) is 2.20. The Morgan fingerprint density at radius 1 is 1.50 bits per heavy atom. The molecule has 0 amide bonds. The lowest BCUT2D eigenvalue weighted by atomic mass is 9.97. The minimum atomic E-state index is 0.219. The van der Waals surface area contributed by atoms with Crippen molar-refractivity contribution in [2.75, 3.05) is 13.2 Å². The van der Waals surface area contributed by atoms with Gasteiger partial charge in [-0.05, 0) is 32.2 Å². The Labute approximate surface area is 110 Å². The highest BCUT2D eigenvalue weighted by atomic mass is 16.5. The van der Waals surface area contributed by atoms with Crippen LogP contribution in [-0.4, -0.2) is 29.0 Å². The molecule has 1 aliphatic heterocycles. The van der Waals surface area contributed by atoms with Gasteiger partial charge in [0, 0.05) is 31.5 Å². The average molecular weight is 251 g/mol. The van der Waals surface area contributed by atoms with Crippen LogP contribution in [0.1, 0.15) is 50.5 Å². The highest BCUT2D eigenvalue weighted by molar-refractivity contribution is 5.21. The van der Waals surface area contributed by atoms with Crippen molar-refractivity contribution in [2.24, 2.45) is 7.05 Å². The summed E-state index contributed by atoms with van der Waals surface area (Å²) >= 11 is 0.